The predicted octanol–water partition coefficient (Wildman–Crippen LogP) is 3.19. The van der Waals surface area contributed by atoms with Gasteiger partial charge in [0, 0.05) is 0 Å². The Labute approximate surface area is 138 Å². The number of aromatic nitrogens is 1. The van der Waals surface area contributed by atoms with E-state index in [1.807, 2.05) is 25.1 Å². The van der Waals surface area contributed by atoms with Crippen LogP contribution in [0.1, 0.15) is 5.56 Å². The molecule has 1 aliphatic heterocycles. The third-order valence-corrected chi connectivity index (χ3v) is 6.52. The van der Waals surface area contributed by atoms with Crippen LogP contribution in [0.5, 0.6) is 5.75 Å². The van der Waals surface area contributed by atoms with E-state index in [-0.39, 0.29) is 4.90 Å². The van der Waals surface area contributed by atoms with Crippen LogP contribution in [0, 0.1) is 6.92 Å². The van der Waals surface area contributed by atoms with E-state index in [0.29, 0.717) is 30.1 Å². The first-order chi connectivity index (χ1) is 11.1. The minimum atomic E-state index is -3.70. The summed E-state index contributed by atoms with van der Waals surface area (Å²) in [5.74, 6) is 0.602. The second-order valence-electron chi connectivity index (χ2n) is 5.30. The molecule has 0 amide bonds. The number of aryl methyl sites for hydroxylation is 1. The van der Waals surface area contributed by atoms with Crippen LogP contribution in [0.4, 0.5) is 5.69 Å². The van der Waals surface area contributed by atoms with Crippen molar-refractivity contribution < 1.29 is 13.2 Å². The van der Waals surface area contributed by atoms with E-state index in [2.05, 4.69) is 4.98 Å². The quantitative estimate of drug-likeness (QED) is 0.715. The Morgan fingerprint density at radius 2 is 2.04 bits per heavy atom. The van der Waals surface area contributed by atoms with Gasteiger partial charge in [-0.15, -0.1) is 11.3 Å². The molecule has 2 aromatic carbocycles. The Morgan fingerprint density at radius 1 is 1.22 bits per heavy atom. The number of hydrogen-bond donors (Lipinski definition) is 0. The van der Waals surface area contributed by atoms with Gasteiger partial charge >= 0.3 is 0 Å². The maximum atomic E-state index is 13.2. The Morgan fingerprint density at radius 3 is 2.91 bits per heavy atom. The summed E-state index contributed by atoms with van der Waals surface area (Å²) in [5.41, 5.74) is 3.68. The molecule has 0 saturated heterocycles. The zero-order valence-electron chi connectivity index (χ0n) is 12.4. The van der Waals surface area contributed by atoms with E-state index in [9.17, 15) is 8.42 Å². The highest BCUT2D eigenvalue weighted by Crippen LogP contribution is 2.39. The van der Waals surface area contributed by atoms with Gasteiger partial charge in [-0.1, -0.05) is 18.2 Å². The number of ether oxygens (including phenoxy) is 1. The Bertz CT molecular complexity index is 995. The van der Waals surface area contributed by atoms with Gasteiger partial charge in [-0.3, -0.25) is 4.31 Å². The van der Waals surface area contributed by atoms with Crippen LogP contribution < -0.4 is 9.04 Å². The van der Waals surface area contributed by atoms with E-state index in [1.165, 1.54) is 15.6 Å². The Kier molecular flexibility index (Phi) is 3.28. The second kappa shape index (κ2) is 5.21. The highest BCUT2D eigenvalue weighted by molar-refractivity contribution is 7.93. The normalized spacial score (nSPS) is 14.6. The van der Waals surface area contributed by atoms with Crippen molar-refractivity contribution in [2.75, 3.05) is 17.5 Å². The first kappa shape index (κ1) is 14.5. The van der Waals surface area contributed by atoms with Gasteiger partial charge in [0.25, 0.3) is 10.0 Å². The first-order valence-corrected chi connectivity index (χ1v) is 9.48. The standard InChI is InChI=1S/C16H14N2O3S2/c1-11-4-2-5-12-16(11)18(8-9-21-12)23(19,20)14-7-3-6-13-15(14)17-10-22-13/h2-7,10H,8-9H2,1H3. The molecule has 3 aromatic rings. The van der Waals surface area contributed by atoms with Crippen molar-refractivity contribution in [1.29, 1.82) is 0 Å². The Hall–Kier alpha value is -2.12. The minimum absolute atomic E-state index is 0.243. The zero-order chi connectivity index (χ0) is 16.0. The smallest absolute Gasteiger partial charge is 0.266 e. The molecule has 0 spiro atoms. The van der Waals surface area contributed by atoms with Crippen molar-refractivity contribution in [3.8, 4) is 5.75 Å². The lowest BCUT2D eigenvalue weighted by Crippen LogP contribution is -2.38. The second-order valence-corrected chi connectivity index (χ2v) is 8.02. The summed E-state index contributed by atoms with van der Waals surface area (Å²) in [4.78, 5) is 4.48. The monoisotopic (exact) mass is 346 g/mol. The lowest BCUT2D eigenvalue weighted by atomic mass is 10.1. The summed E-state index contributed by atoms with van der Waals surface area (Å²) in [6.45, 7) is 2.52. The molecule has 0 unspecified atom stereocenters. The van der Waals surface area contributed by atoms with E-state index >= 15 is 0 Å². The number of sulfonamides is 1. The van der Waals surface area contributed by atoms with Crippen LogP contribution in [-0.4, -0.2) is 26.6 Å². The molecule has 0 atom stereocenters. The van der Waals surface area contributed by atoms with Gasteiger partial charge in [-0.2, -0.15) is 0 Å². The number of anilines is 1. The van der Waals surface area contributed by atoms with Gasteiger partial charge in [0.05, 0.1) is 22.4 Å². The van der Waals surface area contributed by atoms with Crippen molar-refractivity contribution in [2.24, 2.45) is 0 Å². The maximum Gasteiger partial charge on any atom is 0.266 e. The molecule has 2 heterocycles. The van der Waals surface area contributed by atoms with Gasteiger partial charge in [0.1, 0.15) is 22.8 Å². The molecular weight excluding hydrogens is 332 g/mol. The molecule has 118 valence electrons. The number of fused-ring (bicyclic) bond motifs is 2. The van der Waals surface area contributed by atoms with Crippen molar-refractivity contribution in [2.45, 2.75) is 11.8 Å². The van der Waals surface area contributed by atoms with Gasteiger partial charge in [0.15, 0.2) is 0 Å². The average Bonchev–Trinajstić information content (AvgIpc) is 3.03. The average molecular weight is 346 g/mol. The summed E-state index contributed by atoms with van der Waals surface area (Å²) in [7, 11) is -3.70. The molecule has 1 aliphatic rings. The number of hydrogen-bond acceptors (Lipinski definition) is 5. The summed E-state index contributed by atoms with van der Waals surface area (Å²) in [6.07, 6.45) is 0. The van der Waals surface area contributed by atoms with Crippen LogP contribution in [0.25, 0.3) is 10.2 Å². The highest BCUT2D eigenvalue weighted by Gasteiger charge is 2.32. The first-order valence-electron chi connectivity index (χ1n) is 7.16. The minimum Gasteiger partial charge on any atom is -0.489 e. The molecule has 0 bridgehead atoms. The van der Waals surface area contributed by atoms with Crippen molar-refractivity contribution >= 4 is 37.3 Å². The zero-order valence-corrected chi connectivity index (χ0v) is 14.0. The fraction of sp³-hybridized carbons (Fsp3) is 0.188. The summed E-state index contributed by atoms with van der Waals surface area (Å²) >= 11 is 1.43. The molecule has 4 rings (SSSR count). The third-order valence-electron chi connectivity index (χ3n) is 3.89. The number of para-hydroxylation sites is 2. The summed E-state index contributed by atoms with van der Waals surface area (Å²) in [6, 6.07) is 10.8. The molecule has 7 heteroatoms. The van der Waals surface area contributed by atoms with E-state index in [0.717, 1.165) is 10.3 Å². The van der Waals surface area contributed by atoms with Crippen molar-refractivity contribution in [3.05, 3.63) is 47.5 Å². The van der Waals surface area contributed by atoms with Gasteiger partial charge in [0.2, 0.25) is 0 Å². The number of rotatable bonds is 2. The molecule has 0 radical (unpaired) electrons. The lowest BCUT2D eigenvalue weighted by Gasteiger charge is -2.31. The fourth-order valence-corrected chi connectivity index (χ4v) is 5.30. The molecule has 0 fully saturated rings. The van der Waals surface area contributed by atoms with E-state index in [4.69, 9.17) is 4.74 Å². The van der Waals surface area contributed by atoms with E-state index in [1.54, 1.807) is 23.7 Å². The number of thiazole rings is 1. The summed E-state index contributed by atoms with van der Waals surface area (Å²) in [5, 5.41) is 0. The van der Waals surface area contributed by atoms with Crippen LogP contribution >= 0.6 is 11.3 Å². The molecule has 0 N–H and O–H groups in total. The van der Waals surface area contributed by atoms with Gasteiger partial charge in [-0.05, 0) is 30.7 Å². The molecule has 5 nitrogen and oxygen atoms in total. The number of nitrogens with zero attached hydrogens (tertiary/aromatic N) is 2. The molecule has 0 aliphatic carbocycles. The molecular formula is C16H14N2O3S2. The van der Waals surface area contributed by atoms with Crippen LogP contribution in [0.2, 0.25) is 0 Å². The summed E-state index contributed by atoms with van der Waals surface area (Å²) < 4.78 is 34.4. The molecule has 0 saturated carbocycles. The predicted molar refractivity (Wildman–Crippen MR) is 90.8 cm³/mol. The highest BCUT2D eigenvalue weighted by atomic mass is 32.2. The van der Waals surface area contributed by atoms with E-state index < -0.39 is 10.0 Å². The molecule has 23 heavy (non-hydrogen) atoms. The van der Waals surface area contributed by atoms with Crippen LogP contribution in [-0.2, 0) is 10.0 Å². The maximum absolute atomic E-state index is 13.2. The Balaban J connectivity index is 1.93. The lowest BCUT2D eigenvalue weighted by molar-refractivity contribution is 0.315. The SMILES string of the molecule is Cc1cccc2c1N(S(=O)(=O)c1cccc3scnc13)CCO2. The fourth-order valence-electron chi connectivity index (χ4n) is 2.85. The topological polar surface area (TPSA) is 59.5 Å². The molecule has 1 aromatic heterocycles. The van der Waals surface area contributed by atoms with Gasteiger partial charge < -0.3 is 4.74 Å². The van der Waals surface area contributed by atoms with Crippen LogP contribution in [0.15, 0.2) is 46.8 Å². The largest absolute Gasteiger partial charge is 0.489 e. The number of benzene rings is 2. The van der Waals surface area contributed by atoms with Gasteiger partial charge in [-0.25, -0.2) is 13.4 Å². The third kappa shape index (κ3) is 2.19. The van der Waals surface area contributed by atoms with Crippen molar-refractivity contribution in [3.63, 3.8) is 0 Å². The van der Waals surface area contributed by atoms with Crippen LogP contribution in [0.3, 0.4) is 0 Å². The van der Waals surface area contributed by atoms with Crippen molar-refractivity contribution in [1.82, 2.24) is 4.98 Å².